The Morgan fingerprint density at radius 3 is 2.64 bits per heavy atom. The van der Waals surface area contributed by atoms with E-state index in [2.05, 4.69) is 42.2 Å². The largest absolute Gasteiger partial charge is 0.316 e. The van der Waals surface area contributed by atoms with Crippen molar-refractivity contribution >= 4 is 21.6 Å². The van der Waals surface area contributed by atoms with Crippen molar-refractivity contribution in [1.82, 2.24) is 9.62 Å². The molecule has 33 heavy (non-hydrogen) atoms. The lowest BCUT2D eigenvalue weighted by Crippen LogP contribution is -2.53. The number of fused-ring (bicyclic) bond motifs is 1. The minimum absolute atomic E-state index is 0.247. The maximum absolute atomic E-state index is 13.1. The number of rotatable bonds is 8. The number of sulfonamides is 1. The molecule has 2 fully saturated rings. The third-order valence-corrected chi connectivity index (χ3v) is 10.6. The van der Waals surface area contributed by atoms with Gasteiger partial charge in [-0.2, -0.15) is 0 Å². The quantitative estimate of drug-likeness (QED) is 0.542. The van der Waals surface area contributed by atoms with Gasteiger partial charge in [-0.15, -0.1) is 6.58 Å². The summed E-state index contributed by atoms with van der Waals surface area (Å²) in [5.74, 6) is 0.891. The first-order valence-corrected chi connectivity index (χ1v) is 13.9. The Kier molecular flexibility index (Phi) is 6.43. The summed E-state index contributed by atoms with van der Waals surface area (Å²) < 4.78 is 28.0. The number of hydrogen-bond acceptors (Lipinski definition) is 3. The van der Waals surface area contributed by atoms with Crippen LogP contribution in [0.3, 0.4) is 0 Å². The lowest BCUT2D eigenvalue weighted by molar-refractivity contribution is 0.249. The molecule has 0 radical (unpaired) electrons. The minimum atomic E-state index is -3.30. The number of nitrogens with zero attached hydrogens (tertiary/aromatic N) is 1. The zero-order chi connectivity index (χ0) is 23.2. The Hall–Kier alpha value is -1.66. The average molecular weight is 485 g/mol. The first-order chi connectivity index (χ1) is 15.9. The molecule has 3 atom stereocenters. The van der Waals surface area contributed by atoms with Crippen molar-refractivity contribution < 1.29 is 8.42 Å². The predicted molar refractivity (Wildman–Crippen MR) is 135 cm³/mol. The fraction of sp³-hybridized carbons (Fsp3) is 0.481. The van der Waals surface area contributed by atoms with Crippen LogP contribution in [0, 0.1) is 5.92 Å². The normalized spacial score (nSPS) is 24.7. The molecule has 6 heteroatoms. The Balaban J connectivity index is 1.32. The molecule has 0 bridgehead atoms. The molecule has 0 amide bonds. The minimum Gasteiger partial charge on any atom is -0.316 e. The number of hydrogen-bond donors (Lipinski definition) is 1. The third kappa shape index (κ3) is 4.29. The molecular weight excluding hydrogens is 452 g/mol. The molecule has 2 aromatic rings. The summed E-state index contributed by atoms with van der Waals surface area (Å²) in [7, 11) is -1.27. The lowest BCUT2D eigenvalue weighted by Gasteiger charge is -2.42. The van der Waals surface area contributed by atoms with Crippen LogP contribution in [-0.4, -0.2) is 44.2 Å². The molecule has 3 aliphatic rings. The SMILES string of the molecule is C=CC(C1CCC1)S(=O)(=O)N1CC(c2ccc3c(c2)C(Cc2cccc(Cl)c2)C(NC)C3)C1. The molecule has 176 valence electrons. The summed E-state index contributed by atoms with van der Waals surface area (Å²) in [5, 5.41) is 3.86. The summed E-state index contributed by atoms with van der Waals surface area (Å²) in [5.41, 5.74) is 5.29. The third-order valence-electron chi connectivity index (χ3n) is 8.08. The monoisotopic (exact) mass is 484 g/mol. The molecule has 3 unspecified atom stereocenters. The van der Waals surface area contributed by atoms with Gasteiger partial charge in [0.1, 0.15) is 0 Å². The van der Waals surface area contributed by atoms with Crippen molar-refractivity contribution in [1.29, 1.82) is 0 Å². The van der Waals surface area contributed by atoms with E-state index in [0.29, 0.717) is 25.0 Å². The number of likely N-dealkylation sites (N-methyl/N-ethyl adjacent to an activating group) is 1. The van der Waals surface area contributed by atoms with Gasteiger partial charge in [-0.1, -0.05) is 54.4 Å². The molecular formula is C27H33ClN2O2S. The molecule has 4 nitrogen and oxygen atoms in total. The summed E-state index contributed by atoms with van der Waals surface area (Å²) >= 11 is 6.23. The van der Waals surface area contributed by atoms with E-state index in [1.54, 1.807) is 10.4 Å². The molecule has 1 heterocycles. The van der Waals surface area contributed by atoms with E-state index in [1.807, 2.05) is 19.2 Å². The lowest BCUT2D eigenvalue weighted by atomic mass is 9.83. The fourth-order valence-corrected chi connectivity index (χ4v) is 8.16. The average Bonchev–Trinajstić information content (AvgIpc) is 3.06. The van der Waals surface area contributed by atoms with Crippen LogP contribution in [0.1, 0.15) is 53.4 Å². The van der Waals surface area contributed by atoms with Crippen molar-refractivity contribution in [3.05, 3.63) is 82.4 Å². The van der Waals surface area contributed by atoms with Gasteiger partial charge in [0.2, 0.25) is 10.0 Å². The molecule has 1 N–H and O–H groups in total. The van der Waals surface area contributed by atoms with Gasteiger partial charge in [0.05, 0.1) is 5.25 Å². The van der Waals surface area contributed by atoms with E-state index in [-0.39, 0.29) is 11.8 Å². The van der Waals surface area contributed by atoms with Crippen molar-refractivity contribution in [3.63, 3.8) is 0 Å². The van der Waals surface area contributed by atoms with Gasteiger partial charge >= 0.3 is 0 Å². The van der Waals surface area contributed by atoms with Gasteiger partial charge in [0.15, 0.2) is 0 Å². The second kappa shape index (κ2) is 9.18. The highest BCUT2D eigenvalue weighted by Gasteiger charge is 2.44. The van der Waals surface area contributed by atoms with Crippen LogP contribution in [0.5, 0.6) is 0 Å². The first kappa shape index (κ1) is 23.1. The molecule has 0 spiro atoms. The molecule has 5 rings (SSSR count). The van der Waals surface area contributed by atoms with Gasteiger partial charge in [-0.3, -0.25) is 0 Å². The van der Waals surface area contributed by atoms with E-state index in [1.165, 1.54) is 22.3 Å². The summed E-state index contributed by atoms with van der Waals surface area (Å²) in [6.45, 7) is 4.98. The van der Waals surface area contributed by atoms with Crippen LogP contribution in [0.15, 0.2) is 55.1 Å². The van der Waals surface area contributed by atoms with E-state index >= 15 is 0 Å². The second-order valence-corrected chi connectivity index (χ2v) is 12.5. The second-order valence-electron chi connectivity index (χ2n) is 9.95. The Morgan fingerprint density at radius 1 is 1.21 bits per heavy atom. The summed E-state index contributed by atoms with van der Waals surface area (Å²) in [6.07, 6.45) is 6.74. The Morgan fingerprint density at radius 2 is 2.00 bits per heavy atom. The van der Waals surface area contributed by atoms with Gasteiger partial charge in [0.25, 0.3) is 0 Å². The van der Waals surface area contributed by atoms with Gasteiger partial charge in [0, 0.05) is 36.0 Å². The first-order valence-electron chi connectivity index (χ1n) is 12.1. The molecule has 1 saturated carbocycles. The van der Waals surface area contributed by atoms with Crippen molar-refractivity contribution in [2.75, 3.05) is 20.1 Å². The Bertz CT molecular complexity index is 1140. The van der Waals surface area contributed by atoms with Crippen LogP contribution in [0.2, 0.25) is 5.02 Å². The van der Waals surface area contributed by atoms with Gasteiger partial charge < -0.3 is 5.32 Å². The number of benzene rings is 2. The fourth-order valence-electron chi connectivity index (χ4n) is 5.82. The van der Waals surface area contributed by atoms with E-state index in [4.69, 9.17) is 11.6 Å². The zero-order valence-corrected chi connectivity index (χ0v) is 20.8. The highest BCUT2D eigenvalue weighted by Crippen LogP contribution is 2.41. The van der Waals surface area contributed by atoms with Gasteiger partial charge in [-0.05, 0) is 73.0 Å². The predicted octanol–water partition coefficient (Wildman–Crippen LogP) is 4.89. The van der Waals surface area contributed by atoms with E-state index in [0.717, 1.165) is 37.1 Å². The van der Waals surface area contributed by atoms with Crippen LogP contribution in [0.25, 0.3) is 0 Å². The maximum atomic E-state index is 13.1. The number of halogens is 1. The highest BCUT2D eigenvalue weighted by molar-refractivity contribution is 7.90. The van der Waals surface area contributed by atoms with Crippen molar-refractivity contribution in [3.8, 4) is 0 Å². The van der Waals surface area contributed by atoms with Crippen molar-refractivity contribution in [2.24, 2.45) is 5.92 Å². The zero-order valence-electron chi connectivity index (χ0n) is 19.2. The molecule has 1 saturated heterocycles. The standard InChI is InChI=1S/C27H33ClN2O2S/c1-3-27(19-7-5-8-19)33(31,32)30-16-22(17-30)20-10-11-21-15-26(29-2)25(24(21)14-20)13-18-6-4-9-23(28)12-18/h3-4,6,9-12,14,19,22,25-27,29H,1,5,7-8,13,15-17H2,2H3. The van der Waals surface area contributed by atoms with E-state index < -0.39 is 15.3 Å². The van der Waals surface area contributed by atoms with Crippen molar-refractivity contribution in [2.45, 2.75) is 55.2 Å². The number of nitrogens with one attached hydrogen (secondary N) is 1. The van der Waals surface area contributed by atoms with Crippen LogP contribution < -0.4 is 5.32 Å². The smallest absolute Gasteiger partial charge is 0.220 e. The Labute approximate surface area is 203 Å². The highest BCUT2D eigenvalue weighted by atomic mass is 35.5. The van der Waals surface area contributed by atoms with Gasteiger partial charge in [-0.25, -0.2) is 12.7 Å². The molecule has 2 aliphatic carbocycles. The van der Waals surface area contributed by atoms with E-state index in [9.17, 15) is 8.42 Å². The maximum Gasteiger partial charge on any atom is 0.220 e. The molecule has 0 aromatic heterocycles. The summed E-state index contributed by atoms with van der Waals surface area (Å²) in [6, 6.07) is 15.3. The summed E-state index contributed by atoms with van der Waals surface area (Å²) in [4.78, 5) is 0. The molecule has 1 aliphatic heterocycles. The van der Waals surface area contributed by atoms with Crippen LogP contribution >= 0.6 is 11.6 Å². The molecule has 2 aromatic carbocycles. The van der Waals surface area contributed by atoms with Crippen LogP contribution in [0.4, 0.5) is 0 Å². The topological polar surface area (TPSA) is 49.4 Å². The van der Waals surface area contributed by atoms with Crippen LogP contribution in [-0.2, 0) is 22.9 Å².